The molecule has 1 amide bonds. The summed E-state index contributed by atoms with van der Waals surface area (Å²) in [6.45, 7) is 1.80. The van der Waals surface area contributed by atoms with E-state index < -0.39 is 10.0 Å². The van der Waals surface area contributed by atoms with Crippen molar-refractivity contribution in [2.24, 2.45) is 0 Å². The van der Waals surface area contributed by atoms with Gasteiger partial charge in [-0.15, -0.1) is 11.3 Å². The molecule has 0 aliphatic carbocycles. The van der Waals surface area contributed by atoms with E-state index in [1.165, 1.54) is 26.2 Å². The number of thiazole rings is 1. The molecule has 1 aliphatic rings. The molecule has 1 aliphatic heterocycles. The lowest BCUT2D eigenvalue weighted by Crippen LogP contribution is -2.38. The number of aromatic nitrogens is 1. The van der Waals surface area contributed by atoms with Crippen LogP contribution in [0.25, 0.3) is 10.2 Å². The molecule has 3 aromatic rings. The maximum atomic E-state index is 13.6. The highest BCUT2D eigenvalue weighted by Crippen LogP contribution is 2.39. The number of ether oxygens (including phenoxy) is 1. The summed E-state index contributed by atoms with van der Waals surface area (Å²) in [6, 6.07) is 12.1. The minimum Gasteiger partial charge on any atom is -0.495 e. The predicted molar refractivity (Wildman–Crippen MR) is 117 cm³/mol. The van der Waals surface area contributed by atoms with Crippen LogP contribution in [0.5, 0.6) is 5.75 Å². The lowest BCUT2D eigenvalue weighted by Gasteiger charge is -2.33. The first-order chi connectivity index (χ1) is 14.4. The molecule has 158 valence electrons. The summed E-state index contributed by atoms with van der Waals surface area (Å²) in [5.41, 5.74) is 1.22. The molecule has 1 aromatic heterocycles. The van der Waals surface area contributed by atoms with Crippen molar-refractivity contribution in [1.29, 1.82) is 0 Å². The Morgan fingerprint density at radius 3 is 2.77 bits per heavy atom. The molecule has 1 unspecified atom stereocenters. The highest BCUT2D eigenvalue weighted by atomic mass is 32.2. The monoisotopic (exact) mass is 445 g/mol. The number of methoxy groups -OCH3 is 1. The number of benzene rings is 2. The van der Waals surface area contributed by atoms with E-state index in [1.807, 2.05) is 24.3 Å². The van der Waals surface area contributed by atoms with E-state index in [2.05, 4.69) is 5.32 Å². The number of sulfonamides is 1. The van der Waals surface area contributed by atoms with E-state index in [-0.39, 0.29) is 16.8 Å². The summed E-state index contributed by atoms with van der Waals surface area (Å²) in [6.07, 6.45) is 2.48. The molecular formula is C21H23N3O4S2. The molecule has 7 nitrogen and oxygen atoms in total. The standard InChI is InChI=1S/C21H23N3O4S2/c1-14(25)22-17-13-15(10-11-19(17)28-2)30(26,27)24-12-6-5-8-18(24)21-23-16-7-3-4-9-20(16)29-21/h3-4,7,9-11,13,18H,5-6,8,12H2,1-2H3,(H,22,25). The molecular weight excluding hydrogens is 422 g/mol. The zero-order chi connectivity index (χ0) is 21.3. The number of piperidine rings is 1. The largest absolute Gasteiger partial charge is 0.495 e. The van der Waals surface area contributed by atoms with Crippen LogP contribution >= 0.6 is 11.3 Å². The lowest BCUT2D eigenvalue weighted by atomic mass is 10.1. The molecule has 1 atom stereocenters. The van der Waals surface area contributed by atoms with Crippen molar-refractivity contribution in [3.63, 3.8) is 0 Å². The normalized spacial score (nSPS) is 17.7. The quantitative estimate of drug-likeness (QED) is 0.636. The summed E-state index contributed by atoms with van der Waals surface area (Å²) in [5, 5.41) is 3.46. The minimum absolute atomic E-state index is 0.125. The number of para-hydroxylation sites is 1. The van der Waals surface area contributed by atoms with Gasteiger partial charge in [0.25, 0.3) is 0 Å². The summed E-state index contributed by atoms with van der Waals surface area (Å²) in [4.78, 5) is 16.4. The molecule has 9 heteroatoms. The van der Waals surface area contributed by atoms with Gasteiger partial charge in [0.2, 0.25) is 15.9 Å². The molecule has 1 saturated heterocycles. The third-order valence-corrected chi connectivity index (χ3v) is 8.18. The number of rotatable bonds is 5. The summed E-state index contributed by atoms with van der Waals surface area (Å²) >= 11 is 1.54. The fraction of sp³-hybridized carbons (Fsp3) is 0.333. The van der Waals surface area contributed by atoms with Crippen LogP contribution in [0.4, 0.5) is 5.69 Å². The smallest absolute Gasteiger partial charge is 0.243 e. The number of anilines is 1. The average molecular weight is 446 g/mol. The van der Waals surface area contributed by atoms with Crippen LogP contribution in [0.3, 0.4) is 0 Å². The van der Waals surface area contributed by atoms with Crippen molar-refractivity contribution in [2.75, 3.05) is 19.0 Å². The maximum Gasteiger partial charge on any atom is 0.243 e. The van der Waals surface area contributed by atoms with Gasteiger partial charge in [-0.25, -0.2) is 13.4 Å². The SMILES string of the molecule is COc1ccc(S(=O)(=O)N2CCCCC2c2nc3ccccc3s2)cc1NC(C)=O. The molecule has 0 spiro atoms. The van der Waals surface area contributed by atoms with Crippen molar-refractivity contribution in [3.05, 3.63) is 47.5 Å². The Kier molecular flexibility index (Phi) is 5.77. The van der Waals surface area contributed by atoms with Gasteiger partial charge in [0.05, 0.1) is 34.0 Å². The molecule has 0 bridgehead atoms. The second-order valence-electron chi connectivity index (χ2n) is 7.19. The van der Waals surface area contributed by atoms with E-state index in [1.54, 1.807) is 21.7 Å². The molecule has 1 fully saturated rings. The van der Waals surface area contributed by atoms with Crippen LogP contribution in [0.15, 0.2) is 47.4 Å². The number of carbonyl (C=O) groups is 1. The lowest BCUT2D eigenvalue weighted by molar-refractivity contribution is -0.114. The van der Waals surface area contributed by atoms with E-state index >= 15 is 0 Å². The Morgan fingerprint density at radius 2 is 2.03 bits per heavy atom. The van der Waals surface area contributed by atoms with E-state index in [0.717, 1.165) is 34.5 Å². The first kappa shape index (κ1) is 20.8. The van der Waals surface area contributed by atoms with E-state index in [0.29, 0.717) is 18.0 Å². The van der Waals surface area contributed by atoms with E-state index in [9.17, 15) is 13.2 Å². The molecule has 4 rings (SSSR count). The summed E-state index contributed by atoms with van der Waals surface area (Å²) in [7, 11) is -2.31. The Balaban J connectivity index is 1.73. The highest BCUT2D eigenvalue weighted by molar-refractivity contribution is 7.89. The molecule has 1 N–H and O–H groups in total. The zero-order valence-corrected chi connectivity index (χ0v) is 18.4. The molecule has 0 radical (unpaired) electrons. The van der Waals surface area contributed by atoms with Crippen LogP contribution in [0.2, 0.25) is 0 Å². The number of carbonyl (C=O) groups excluding carboxylic acids is 1. The zero-order valence-electron chi connectivity index (χ0n) is 16.8. The first-order valence-corrected chi connectivity index (χ1v) is 12.0. The number of nitrogens with one attached hydrogen (secondary N) is 1. The van der Waals surface area contributed by atoms with Crippen molar-refractivity contribution in [3.8, 4) is 5.75 Å². The van der Waals surface area contributed by atoms with Gasteiger partial charge >= 0.3 is 0 Å². The van der Waals surface area contributed by atoms with Gasteiger partial charge < -0.3 is 10.1 Å². The van der Waals surface area contributed by atoms with Crippen molar-refractivity contribution >= 4 is 43.2 Å². The van der Waals surface area contributed by atoms with Crippen LogP contribution < -0.4 is 10.1 Å². The Bertz CT molecular complexity index is 1160. The average Bonchev–Trinajstić information content (AvgIpc) is 3.17. The molecule has 2 aromatic carbocycles. The topological polar surface area (TPSA) is 88.6 Å². The molecule has 2 heterocycles. The van der Waals surface area contributed by atoms with Crippen molar-refractivity contribution < 1.29 is 17.9 Å². The second kappa shape index (κ2) is 8.33. The van der Waals surface area contributed by atoms with Crippen LogP contribution in [-0.2, 0) is 14.8 Å². The van der Waals surface area contributed by atoms with Gasteiger partial charge in [0, 0.05) is 13.5 Å². The van der Waals surface area contributed by atoms with Crippen molar-refractivity contribution in [1.82, 2.24) is 9.29 Å². The number of amides is 1. The van der Waals surface area contributed by atoms with Crippen LogP contribution in [-0.4, -0.2) is 37.3 Å². The van der Waals surface area contributed by atoms with Crippen LogP contribution in [0.1, 0.15) is 37.2 Å². The fourth-order valence-corrected chi connectivity index (χ4v) is 6.61. The van der Waals surface area contributed by atoms with Crippen LogP contribution in [0, 0.1) is 0 Å². The molecule has 0 saturated carbocycles. The van der Waals surface area contributed by atoms with Gasteiger partial charge in [0.1, 0.15) is 10.8 Å². The number of nitrogens with zero attached hydrogens (tertiary/aromatic N) is 2. The Hall–Kier alpha value is -2.49. The highest BCUT2D eigenvalue weighted by Gasteiger charge is 2.36. The molecule has 30 heavy (non-hydrogen) atoms. The minimum atomic E-state index is -3.79. The van der Waals surface area contributed by atoms with E-state index in [4.69, 9.17) is 9.72 Å². The Morgan fingerprint density at radius 1 is 1.23 bits per heavy atom. The van der Waals surface area contributed by atoms with Gasteiger partial charge in [-0.05, 0) is 43.2 Å². The van der Waals surface area contributed by atoms with Gasteiger partial charge in [0.15, 0.2) is 0 Å². The number of hydrogen-bond acceptors (Lipinski definition) is 6. The summed E-state index contributed by atoms with van der Waals surface area (Å²) < 4.78 is 35.0. The number of fused-ring (bicyclic) bond motifs is 1. The Labute approximate surface area is 179 Å². The second-order valence-corrected chi connectivity index (χ2v) is 10.1. The maximum absolute atomic E-state index is 13.6. The first-order valence-electron chi connectivity index (χ1n) is 9.73. The number of hydrogen-bond donors (Lipinski definition) is 1. The summed E-state index contributed by atoms with van der Waals surface area (Å²) in [5.74, 6) is 0.110. The fourth-order valence-electron chi connectivity index (χ4n) is 3.74. The van der Waals surface area contributed by atoms with Crippen molar-refractivity contribution in [2.45, 2.75) is 37.1 Å². The van der Waals surface area contributed by atoms with Gasteiger partial charge in [-0.2, -0.15) is 4.31 Å². The third-order valence-electron chi connectivity index (χ3n) is 5.14. The third kappa shape index (κ3) is 3.92. The van der Waals surface area contributed by atoms with Gasteiger partial charge in [-0.3, -0.25) is 4.79 Å². The van der Waals surface area contributed by atoms with Gasteiger partial charge in [-0.1, -0.05) is 18.6 Å². The predicted octanol–water partition coefficient (Wildman–Crippen LogP) is 4.18.